The van der Waals surface area contributed by atoms with Crippen LogP contribution in [0.25, 0.3) is 0 Å². The highest BCUT2D eigenvalue weighted by atomic mass is 79.9. The van der Waals surface area contributed by atoms with Crippen LogP contribution < -0.4 is 5.32 Å². The van der Waals surface area contributed by atoms with E-state index in [9.17, 15) is 0 Å². The molecule has 1 aliphatic rings. The van der Waals surface area contributed by atoms with Gasteiger partial charge >= 0.3 is 0 Å². The van der Waals surface area contributed by atoms with Crippen LogP contribution in [0.1, 0.15) is 18.4 Å². The summed E-state index contributed by atoms with van der Waals surface area (Å²) < 4.78 is 1.05. The minimum absolute atomic E-state index is 0.748. The Morgan fingerprint density at radius 1 is 1.47 bits per heavy atom. The molecule has 2 rings (SSSR count). The standard InChI is InChI=1S/C12H15BrClN/c13-11-4-3-10(12(14)7-11)6-9-2-1-5-15-8-9/h3-4,7,9,15H,1-2,5-6,8H2. The first-order valence-corrected chi connectivity index (χ1v) is 6.57. The highest BCUT2D eigenvalue weighted by molar-refractivity contribution is 9.10. The molecule has 1 N–H and O–H groups in total. The van der Waals surface area contributed by atoms with Gasteiger partial charge in [0.1, 0.15) is 0 Å². The fraction of sp³-hybridized carbons (Fsp3) is 0.500. The second kappa shape index (κ2) is 5.33. The zero-order chi connectivity index (χ0) is 10.7. The number of hydrogen-bond donors (Lipinski definition) is 1. The van der Waals surface area contributed by atoms with Crippen molar-refractivity contribution in [3.8, 4) is 0 Å². The van der Waals surface area contributed by atoms with Crippen molar-refractivity contribution in [3.05, 3.63) is 33.3 Å². The number of benzene rings is 1. The molecule has 82 valence electrons. The van der Waals surface area contributed by atoms with Crippen molar-refractivity contribution in [3.63, 3.8) is 0 Å². The van der Waals surface area contributed by atoms with E-state index >= 15 is 0 Å². The summed E-state index contributed by atoms with van der Waals surface area (Å²) in [7, 11) is 0. The number of rotatable bonds is 2. The van der Waals surface area contributed by atoms with E-state index in [0.29, 0.717) is 0 Å². The summed E-state index contributed by atoms with van der Waals surface area (Å²) in [5, 5.41) is 4.32. The number of nitrogens with one attached hydrogen (secondary N) is 1. The molecule has 0 aliphatic carbocycles. The Morgan fingerprint density at radius 2 is 2.33 bits per heavy atom. The highest BCUT2D eigenvalue weighted by Gasteiger charge is 2.14. The number of piperidine rings is 1. The summed E-state index contributed by atoms with van der Waals surface area (Å²) in [5.41, 5.74) is 1.27. The second-order valence-electron chi connectivity index (χ2n) is 4.15. The van der Waals surface area contributed by atoms with Crippen molar-refractivity contribution in [2.24, 2.45) is 5.92 Å². The molecule has 1 unspecified atom stereocenters. The van der Waals surface area contributed by atoms with Gasteiger partial charge in [0.15, 0.2) is 0 Å². The third kappa shape index (κ3) is 3.20. The third-order valence-electron chi connectivity index (χ3n) is 2.92. The lowest BCUT2D eigenvalue weighted by Crippen LogP contribution is -2.30. The lowest BCUT2D eigenvalue weighted by Gasteiger charge is -2.23. The monoisotopic (exact) mass is 287 g/mol. The van der Waals surface area contributed by atoms with E-state index in [1.807, 2.05) is 6.07 Å². The molecule has 0 radical (unpaired) electrons. The third-order valence-corrected chi connectivity index (χ3v) is 3.77. The van der Waals surface area contributed by atoms with Crippen LogP contribution in [0.2, 0.25) is 5.02 Å². The van der Waals surface area contributed by atoms with Crippen LogP contribution in [0.15, 0.2) is 22.7 Å². The Morgan fingerprint density at radius 3 is 3.00 bits per heavy atom. The normalized spacial score (nSPS) is 21.6. The van der Waals surface area contributed by atoms with E-state index in [1.165, 1.54) is 24.9 Å². The maximum atomic E-state index is 6.20. The molecule has 1 aromatic rings. The fourth-order valence-electron chi connectivity index (χ4n) is 2.10. The van der Waals surface area contributed by atoms with Gasteiger partial charge in [-0.1, -0.05) is 33.6 Å². The molecule has 3 heteroatoms. The van der Waals surface area contributed by atoms with E-state index in [2.05, 4.69) is 33.4 Å². The van der Waals surface area contributed by atoms with Crippen molar-refractivity contribution in [1.82, 2.24) is 5.32 Å². The molecule has 1 aliphatic heterocycles. The lowest BCUT2D eigenvalue weighted by atomic mass is 9.92. The average molecular weight is 289 g/mol. The molecule has 15 heavy (non-hydrogen) atoms. The SMILES string of the molecule is Clc1cc(Br)ccc1CC1CCCNC1. The van der Waals surface area contributed by atoms with Gasteiger partial charge < -0.3 is 5.32 Å². The molecule has 0 aromatic heterocycles. The molecular weight excluding hydrogens is 273 g/mol. The van der Waals surface area contributed by atoms with Crippen molar-refractivity contribution in [1.29, 1.82) is 0 Å². The Kier molecular flexibility index (Phi) is 4.06. The van der Waals surface area contributed by atoms with Crippen LogP contribution in [-0.2, 0) is 6.42 Å². The van der Waals surface area contributed by atoms with Gasteiger partial charge in [-0.05, 0) is 56.0 Å². The minimum Gasteiger partial charge on any atom is -0.316 e. The van der Waals surface area contributed by atoms with Gasteiger partial charge in [-0.2, -0.15) is 0 Å². The fourth-order valence-corrected chi connectivity index (χ4v) is 2.85. The molecule has 1 heterocycles. The van der Waals surface area contributed by atoms with Crippen molar-refractivity contribution < 1.29 is 0 Å². The zero-order valence-corrected chi connectivity index (χ0v) is 10.9. The smallest absolute Gasteiger partial charge is 0.0449 e. The van der Waals surface area contributed by atoms with E-state index in [-0.39, 0.29) is 0 Å². The van der Waals surface area contributed by atoms with Crippen LogP contribution in [-0.4, -0.2) is 13.1 Å². The molecule has 0 amide bonds. The molecule has 1 saturated heterocycles. The maximum Gasteiger partial charge on any atom is 0.0449 e. The molecule has 1 nitrogen and oxygen atoms in total. The Labute approximate surface area is 104 Å². The van der Waals surface area contributed by atoms with Gasteiger partial charge in [-0.25, -0.2) is 0 Å². The van der Waals surface area contributed by atoms with Crippen molar-refractivity contribution >= 4 is 27.5 Å². The molecule has 0 bridgehead atoms. The summed E-state index contributed by atoms with van der Waals surface area (Å²) in [6.45, 7) is 2.30. The summed E-state index contributed by atoms with van der Waals surface area (Å²) in [4.78, 5) is 0. The van der Waals surface area contributed by atoms with Crippen LogP contribution in [0, 0.1) is 5.92 Å². The Hall–Kier alpha value is -0.0500. The van der Waals surface area contributed by atoms with Gasteiger partial charge in [0.05, 0.1) is 0 Å². The highest BCUT2D eigenvalue weighted by Crippen LogP contribution is 2.25. The summed E-state index contributed by atoms with van der Waals surface area (Å²) >= 11 is 9.62. The number of halogens is 2. The van der Waals surface area contributed by atoms with Gasteiger partial charge in [0, 0.05) is 9.50 Å². The first-order valence-electron chi connectivity index (χ1n) is 5.40. The Balaban J connectivity index is 2.03. The van der Waals surface area contributed by atoms with E-state index in [4.69, 9.17) is 11.6 Å². The van der Waals surface area contributed by atoms with Gasteiger partial charge in [0.25, 0.3) is 0 Å². The van der Waals surface area contributed by atoms with Crippen LogP contribution in [0.3, 0.4) is 0 Å². The topological polar surface area (TPSA) is 12.0 Å². The van der Waals surface area contributed by atoms with Crippen molar-refractivity contribution in [2.75, 3.05) is 13.1 Å². The van der Waals surface area contributed by atoms with Gasteiger partial charge in [0.2, 0.25) is 0 Å². The summed E-state index contributed by atoms with van der Waals surface area (Å²) in [6.07, 6.45) is 3.71. The predicted octanol–water partition coefficient (Wildman–Crippen LogP) is 3.64. The van der Waals surface area contributed by atoms with Crippen LogP contribution >= 0.6 is 27.5 Å². The molecule has 1 atom stereocenters. The molecule has 1 fully saturated rings. The lowest BCUT2D eigenvalue weighted by molar-refractivity contribution is 0.376. The summed E-state index contributed by atoms with van der Waals surface area (Å²) in [6, 6.07) is 6.17. The van der Waals surface area contributed by atoms with E-state index in [1.54, 1.807) is 0 Å². The van der Waals surface area contributed by atoms with Gasteiger partial charge in [-0.15, -0.1) is 0 Å². The first kappa shape index (κ1) is 11.4. The zero-order valence-electron chi connectivity index (χ0n) is 8.60. The molecule has 0 spiro atoms. The second-order valence-corrected chi connectivity index (χ2v) is 5.48. The summed E-state index contributed by atoms with van der Waals surface area (Å²) in [5.74, 6) is 0.748. The maximum absolute atomic E-state index is 6.20. The van der Waals surface area contributed by atoms with Crippen LogP contribution in [0.4, 0.5) is 0 Å². The quantitative estimate of drug-likeness (QED) is 0.876. The molecule has 0 saturated carbocycles. The Bertz CT molecular complexity index is 334. The number of hydrogen-bond acceptors (Lipinski definition) is 1. The van der Waals surface area contributed by atoms with Crippen molar-refractivity contribution in [2.45, 2.75) is 19.3 Å². The van der Waals surface area contributed by atoms with E-state index < -0.39 is 0 Å². The minimum atomic E-state index is 0.748. The molecular formula is C12H15BrClN. The largest absolute Gasteiger partial charge is 0.316 e. The van der Waals surface area contributed by atoms with Gasteiger partial charge in [-0.3, -0.25) is 0 Å². The molecule has 1 aromatic carbocycles. The van der Waals surface area contributed by atoms with Crippen LogP contribution in [0.5, 0.6) is 0 Å². The predicted molar refractivity (Wildman–Crippen MR) is 68.4 cm³/mol. The first-order chi connectivity index (χ1) is 7.25. The average Bonchev–Trinajstić information content (AvgIpc) is 2.24. The van der Waals surface area contributed by atoms with E-state index in [0.717, 1.165) is 28.4 Å².